The largest absolute Gasteiger partial charge is 0.353 e. The number of piperidine rings is 1. The number of amides is 1. The molecule has 22 heavy (non-hydrogen) atoms. The molecular weight excluding hydrogens is 303 g/mol. The van der Waals surface area contributed by atoms with E-state index in [9.17, 15) is 9.18 Å². The summed E-state index contributed by atoms with van der Waals surface area (Å²) in [5, 5.41) is 6.73. The molecule has 0 radical (unpaired) electrons. The maximum atomic E-state index is 13.6. The van der Waals surface area contributed by atoms with Crippen LogP contribution in [0.4, 0.5) is 4.39 Å². The second-order valence-electron chi connectivity index (χ2n) is 6.51. The molecular formula is C17H24ClFN2O. The second-order valence-corrected chi connectivity index (χ2v) is 6.51. The molecule has 2 N–H and O–H groups in total. The van der Waals surface area contributed by atoms with Crippen LogP contribution in [0.15, 0.2) is 24.3 Å². The first-order valence-corrected chi connectivity index (χ1v) is 7.91. The Morgan fingerprint density at radius 3 is 2.59 bits per heavy atom. The average molecular weight is 327 g/mol. The van der Waals surface area contributed by atoms with Gasteiger partial charge in [-0.2, -0.15) is 0 Å². The Labute approximate surface area is 137 Å². The second kappa shape index (κ2) is 7.42. The summed E-state index contributed by atoms with van der Waals surface area (Å²) in [5.74, 6) is -0.379. The Hall–Kier alpha value is -1.13. The highest BCUT2D eigenvalue weighted by molar-refractivity contribution is 5.85. The monoisotopic (exact) mass is 326 g/mol. The molecule has 122 valence electrons. The zero-order valence-electron chi connectivity index (χ0n) is 12.8. The fourth-order valence-electron chi connectivity index (χ4n) is 3.61. The molecule has 5 heteroatoms. The van der Waals surface area contributed by atoms with Crippen LogP contribution in [0.25, 0.3) is 0 Å². The van der Waals surface area contributed by atoms with Gasteiger partial charge in [-0.25, -0.2) is 4.39 Å². The minimum absolute atomic E-state index is 0. The molecule has 0 saturated carbocycles. The molecule has 0 aromatic heterocycles. The fraction of sp³-hybridized carbons (Fsp3) is 0.588. The zero-order valence-corrected chi connectivity index (χ0v) is 13.7. The van der Waals surface area contributed by atoms with Crippen LogP contribution in [0.2, 0.25) is 0 Å². The molecule has 2 aliphatic rings. The van der Waals surface area contributed by atoms with E-state index < -0.39 is 0 Å². The van der Waals surface area contributed by atoms with E-state index in [0.717, 1.165) is 12.8 Å². The number of rotatable bonds is 4. The maximum absolute atomic E-state index is 13.6. The summed E-state index contributed by atoms with van der Waals surface area (Å²) in [7, 11) is 0. The minimum atomic E-state index is -0.225. The van der Waals surface area contributed by atoms with Crippen molar-refractivity contribution in [2.24, 2.45) is 5.92 Å². The van der Waals surface area contributed by atoms with E-state index in [1.807, 2.05) is 13.0 Å². The number of carbonyl (C=O) groups excluding carboxylic acids is 1. The molecule has 2 heterocycles. The van der Waals surface area contributed by atoms with Crippen molar-refractivity contribution in [1.82, 2.24) is 10.6 Å². The van der Waals surface area contributed by atoms with E-state index in [1.54, 1.807) is 12.1 Å². The number of benzene rings is 1. The van der Waals surface area contributed by atoms with E-state index in [1.165, 1.54) is 18.9 Å². The number of halogens is 2. The van der Waals surface area contributed by atoms with Crippen molar-refractivity contribution in [3.63, 3.8) is 0 Å². The van der Waals surface area contributed by atoms with Crippen LogP contribution >= 0.6 is 12.4 Å². The summed E-state index contributed by atoms with van der Waals surface area (Å²) >= 11 is 0. The van der Waals surface area contributed by atoms with E-state index in [-0.39, 0.29) is 36.1 Å². The van der Waals surface area contributed by atoms with Gasteiger partial charge >= 0.3 is 0 Å². The molecule has 3 atom stereocenters. The SMILES string of the molecule is CC(Cc1ccccc1F)C(=O)NC1CC2CCC(C1)N2.Cl. The lowest BCUT2D eigenvalue weighted by molar-refractivity contribution is -0.125. The van der Waals surface area contributed by atoms with Crippen molar-refractivity contribution in [2.75, 3.05) is 0 Å². The van der Waals surface area contributed by atoms with Gasteiger partial charge in [0.05, 0.1) is 0 Å². The topological polar surface area (TPSA) is 41.1 Å². The van der Waals surface area contributed by atoms with Gasteiger partial charge in [-0.05, 0) is 43.7 Å². The lowest BCUT2D eigenvalue weighted by atomic mass is 9.96. The maximum Gasteiger partial charge on any atom is 0.223 e. The molecule has 2 aliphatic heterocycles. The molecule has 0 aliphatic carbocycles. The third kappa shape index (κ3) is 3.99. The molecule has 3 nitrogen and oxygen atoms in total. The Balaban J connectivity index is 0.00000176. The highest BCUT2D eigenvalue weighted by Gasteiger charge is 2.34. The van der Waals surface area contributed by atoms with Gasteiger partial charge < -0.3 is 10.6 Å². The van der Waals surface area contributed by atoms with E-state index in [2.05, 4.69) is 10.6 Å². The third-order valence-electron chi connectivity index (χ3n) is 4.75. The lowest BCUT2D eigenvalue weighted by Crippen LogP contribution is -2.49. The molecule has 1 aromatic rings. The number of nitrogens with one attached hydrogen (secondary N) is 2. The molecule has 0 spiro atoms. The van der Waals surface area contributed by atoms with Gasteiger partial charge in [-0.15, -0.1) is 12.4 Å². The van der Waals surface area contributed by atoms with Gasteiger partial charge in [0.2, 0.25) is 5.91 Å². The van der Waals surface area contributed by atoms with Gasteiger partial charge in [0.15, 0.2) is 0 Å². The number of hydrogen-bond acceptors (Lipinski definition) is 2. The van der Waals surface area contributed by atoms with Crippen molar-refractivity contribution >= 4 is 18.3 Å². The Morgan fingerprint density at radius 1 is 1.32 bits per heavy atom. The van der Waals surface area contributed by atoms with E-state index in [4.69, 9.17) is 0 Å². The van der Waals surface area contributed by atoms with Gasteiger partial charge in [-0.3, -0.25) is 4.79 Å². The third-order valence-corrected chi connectivity index (χ3v) is 4.75. The molecule has 3 rings (SSSR count). The van der Waals surface area contributed by atoms with Crippen LogP contribution in [-0.4, -0.2) is 24.0 Å². The van der Waals surface area contributed by atoms with Crippen molar-refractivity contribution in [3.8, 4) is 0 Å². The first-order chi connectivity index (χ1) is 10.1. The average Bonchev–Trinajstić information content (AvgIpc) is 2.80. The predicted molar refractivity (Wildman–Crippen MR) is 87.6 cm³/mol. The minimum Gasteiger partial charge on any atom is -0.353 e. The van der Waals surface area contributed by atoms with Crippen LogP contribution in [0.3, 0.4) is 0 Å². The highest BCUT2D eigenvalue weighted by atomic mass is 35.5. The zero-order chi connectivity index (χ0) is 14.8. The highest BCUT2D eigenvalue weighted by Crippen LogP contribution is 2.27. The van der Waals surface area contributed by atoms with Gasteiger partial charge in [0.25, 0.3) is 0 Å². The van der Waals surface area contributed by atoms with E-state index >= 15 is 0 Å². The Kier molecular flexibility index (Phi) is 5.81. The number of fused-ring (bicyclic) bond motifs is 2. The van der Waals surface area contributed by atoms with Gasteiger partial charge in [0.1, 0.15) is 5.82 Å². The Morgan fingerprint density at radius 2 is 1.95 bits per heavy atom. The van der Waals surface area contributed by atoms with Crippen LogP contribution in [0.1, 0.15) is 38.2 Å². The predicted octanol–water partition coefficient (Wildman–Crippen LogP) is 2.83. The fourth-order valence-corrected chi connectivity index (χ4v) is 3.61. The van der Waals surface area contributed by atoms with E-state index in [0.29, 0.717) is 24.1 Å². The quantitative estimate of drug-likeness (QED) is 0.893. The summed E-state index contributed by atoms with van der Waals surface area (Å²) in [6, 6.07) is 8.10. The molecule has 1 aromatic carbocycles. The summed E-state index contributed by atoms with van der Waals surface area (Å²) < 4.78 is 13.6. The van der Waals surface area contributed by atoms with Crippen molar-refractivity contribution in [1.29, 1.82) is 0 Å². The van der Waals surface area contributed by atoms with Crippen LogP contribution < -0.4 is 10.6 Å². The van der Waals surface area contributed by atoms with Crippen molar-refractivity contribution in [2.45, 2.75) is 57.2 Å². The van der Waals surface area contributed by atoms with Crippen molar-refractivity contribution < 1.29 is 9.18 Å². The smallest absolute Gasteiger partial charge is 0.223 e. The summed E-state index contributed by atoms with van der Waals surface area (Å²) in [6.45, 7) is 1.87. The lowest BCUT2D eigenvalue weighted by Gasteiger charge is -2.30. The Bertz CT molecular complexity index is 513. The molecule has 2 saturated heterocycles. The van der Waals surface area contributed by atoms with Crippen LogP contribution in [-0.2, 0) is 11.2 Å². The molecule has 2 bridgehead atoms. The first kappa shape index (κ1) is 17.2. The number of carbonyl (C=O) groups is 1. The van der Waals surface area contributed by atoms with Crippen LogP contribution in [0.5, 0.6) is 0 Å². The normalized spacial score (nSPS) is 27.8. The van der Waals surface area contributed by atoms with Crippen LogP contribution in [0, 0.1) is 11.7 Å². The number of hydrogen-bond donors (Lipinski definition) is 2. The van der Waals surface area contributed by atoms with Gasteiger partial charge in [0, 0.05) is 24.0 Å². The summed E-state index contributed by atoms with van der Waals surface area (Å²) in [5.41, 5.74) is 0.616. The van der Waals surface area contributed by atoms with Gasteiger partial charge in [-0.1, -0.05) is 25.1 Å². The first-order valence-electron chi connectivity index (χ1n) is 7.91. The molecule has 1 amide bonds. The standard InChI is InChI=1S/C17H23FN2O.ClH/c1-11(8-12-4-2-3-5-16(12)18)17(21)20-15-9-13-6-7-14(10-15)19-13;/h2-5,11,13-15,19H,6-10H2,1H3,(H,20,21);1H. The summed E-state index contributed by atoms with van der Waals surface area (Å²) in [4.78, 5) is 12.3. The summed E-state index contributed by atoms with van der Waals surface area (Å²) in [6.07, 6.45) is 4.95. The van der Waals surface area contributed by atoms with Crippen molar-refractivity contribution in [3.05, 3.63) is 35.6 Å². The molecule has 3 unspecified atom stereocenters. The molecule has 2 fully saturated rings.